The summed E-state index contributed by atoms with van der Waals surface area (Å²) in [5, 5.41) is 6.87. The molecule has 0 bridgehead atoms. The molecule has 0 radical (unpaired) electrons. The van der Waals surface area contributed by atoms with Crippen LogP contribution in [0.4, 0.5) is 11.4 Å². The zero-order valence-corrected chi connectivity index (χ0v) is 18.2. The molecule has 154 valence electrons. The second kappa shape index (κ2) is 10.1. The van der Waals surface area contributed by atoms with Crippen molar-refractivity contribution in [2.24, 2.45) is 0 Å². The smallest absolute Gasteiger partial charge is 0.257 e. The third-order valence-electron chi connectivity index (χ3n) is 4.28. The number of hydrogen-bond donors (Lipinski definition) is 2. The number of amides is 1. The molecule has 0 saturated carbocycles. The number of carbonyl (C=O) groups is 1. The van der Waals surface area contributed by atoms with E-state index in [2.05, 4.69) is 15.5 Å². The lowest BCUT2D eigenvalue weighted by Gasteiger charge is -2.31. The number of thiocarbonyl (C=S) groups is 1. The molecule has 1 amide bonds. The number of hydrogen-bond acceptors (Lipinski definition) is 5. The number of ether oxygens (including phenoxy) is 2. The largest absolute Gasteiger partial charge is 0.492 e. The summed E-state index contributed by atoms with van der Waals surface area (Å²) >= 11 is 17.9. The first-order valence-corrected chi connectivity index (χ1v) is 10.3. The Balaban J connectivity index is 1.70. The maximum atomic E-state index is 12.5. The van der Waals surface area contributed by atoms with Gasteiger partial charge in [-0.05, 0) is 49.5 Å². The molecule has 1 fully saturated rings. The Kier molecular flexibility index (Phi) is 7.55. The first-order valence-electron chi connectivity index (χ1n) is 9.15. The number of halogens is 2. The first-order chi connectivity index (χ1) is 14.0. The van der Waals surface area contributed by atoms with E-state index >= 15 is 0 Å². The van der Waals surface area contributed by atoms with Gasteiger partial charge in [-0.3, -0.25) is 10.1 Å². The van der Waals surface area contributed by atoms with Crippen molar-refractivity contribution in [3.8, 4) is 5.75 Å². The highest BCUT2D eigenvalue weighted by molar-refractivity contribution is 7.80. The van der Waals surface area contributed by atoms with Crippen LogP contribution in [0.3, 0.4) is 0 Å². The van der Waals surface area contributed by atoms with Gasteiger partial charge in [0, 0.05) is 18.7 Å². The summed E-state index contributed by atoms with van der Waals surface area (Å²) in [5.74, 6) is 0.155. The molecule has 29 heavy (non-hydrogen) atoms. The fraction of sp³-hybridized carbons (Fsp3) is 0.300. The van der Waals surface area contributed by atoms with Gasteiger partial charge in [0.15, 0.2) is 5.11 Å². The van der Waals surface area contributed by atoms with Crippen LogP contribution in [0.1, 0.15) is 17.3 Å². The lowest BCUT2D eigenvalue weighted by Crippen LogP contribution is -2.38. The molecule has 2 aromatic carbocycles. The number of nitrogens with one attached hydrogen (secondary N) is 2. The fourth-order valence-electron chi connectivity index (χ4n) is 2.97. The third kappa shape index (κ3) is 5.51. The van der Waals surface area contributed by atoms with E-state index < -0.39 is 0 Å². The summed E-state index contributed by atoms with van der Waals surface area (Å²) in [7, 11) is 0. The van der Waals surface area contributed by atoms with Gasteiger partial charge in [0.05, 0.1) is 41.2 Å². The highest BCUT2D eigenvalue weighted by Gasteiger charge is 2.19. The summed E-state index contributed by atoms with van der Waals surface area (Å²) in [5.41, 5.74) is 1.93. The summed E-state index contributed by atoms with van der Waals surface area (Å²) in [6.07, 6.45) is 0. The minimum atomic E-state index is -0.373. The zero-order valence-electron chi connectivity index (χ0n) is 15.8. The maximum absolute atomic E-state index is 12.5. The number of nitrogens with zero attached hydrogens (tertiary/aromatic N) is 1. The van der Waals surface area contributed by atoms with Gasteiger partial charge in [-0.25, -0.2) is 0 Å². The molecular formula is C20H21Cl2N3O3S. The molecule has 1 heterocycles. The Morgan fingerprint density at radius 1 is 1.21 bits per heavy atom. The van der Waals surface area contributed by atoms with Gasteiger partial charge in [0.2, 0.25) is 0 Å². The normalized spacial score (nSPS) is 13.7. The highest BCUT2D eigenvalue weighted by atomic mass is 35.5. The molecule has 2 aromatic rings. The van der Waals surface area contributed by atoms with Crippen molar-refractivity contribution < 1.29 is 14.3 Å². The van der Waals surface area contributed by atoms with Gasteiger partial charge in [-0.2, -0.15) is 0 Å². The number of rotatable bonds is 5. The average molecular weight is 454 g/mol. The van der Waals surface area contributed by atoms with Crippen molar-refractivity contribution in [3.05, 3.63) is 52.0 Å². The number of anilines is 2. The van der Waals surface area contributed by atoms with Crippen molar-refractivity contribution >= 4 is 57.8 Å². The van der Waals surface area contributed by atoms with Gasteiger partial charge in [0.1, 0.15) is 5.75 Å². The van der Waals surface area contributed by atoms with Crippen LogP contribution in [0.15, 0.2) is 36.4 Å². The van der Waals surface area contributed by atoms with Crippen molar-refractivity contribution in [2.75, 3.05) is 43.1 Å². The average Bonchev–Trinajstić information content (AvgIpc) is 2.70. The molecule has 0 atom stereocenters. The predicted octanol–water partition coefficient (Wildman–Crippen LogP) is 4.36. The zero-order chi connectivity index (χ0) is 20.8. The van der Waals surface area contributed by atoms with Crippen LogP contribution in [0.5, 0.6) is 5.75 Å². The number of benzene rings is 2. The Morgan fingerprint density at radius 2 is 1.97 bits per heavy atom. The fourth-order valence-corrected chi connectivity index (χ4v) is 3.70. The summed E-state index contributed by atoms with van der Waals surface area (Å²) < 4.78 is 10.8. The van der Waals surface area contributed by atoms with E-state index in [0.29, 0.717) is 41.2 Å². The molecule has 9 heteroatoms. The quantitative estimate of drug-likeness (QED) is 0.655. The van der Waals surface area contributed by atoms with Crippen LogP contribution in [0.2, 0.25) is 10.0 Å². The van der Waals surface area contributed by atoms with E-state index in [0.717, 1.165) is 24.5 Å². The van der Waals surface area contributed by atoms with Crippen LogP contribution in [-0.2, 0) is 4.74 Å². The van der Waals surface area contributed by atoms with E-state index in [4.69, 9.17) is 44.9 Å². The minimum absolute atomic E-state index is 0.164. The van der Waals surface area contributed by atoms with Crippen LogP contribution < -0.4 is 20.3 Å². The van der Waals surface area contributed by atoms with E-state index in [1.165, 1.54) is 0 Å². The van der Waals surface area contributed by atoms with Crippen LogP contribution >= 0.6 is 35.4 Å². The molecule has 3 rings (SSSR count). The topological polar surface area (TPSA) is 62.8 Å². The number of para-hydroxylation sites is 1. The Morgan fingerprint density at radius 3 is 2.66 bits per heavy atom. The Hall–Kier alpha value is -2.06. The SMILES string of the molecule is CCOc1ccc(C(=O)NC(=S)Nc2cccc(Cl)c2N2CCOCC2)cc1Cl. The molecule has 0 unspecified atom stereocenters. The van der Waals surface area contributed by atoms with Crippen molar-refractivity contribution in [1.29, 1.82) is 0 Å². The Bertz CT molecular complexity index is 905. The lowest BCUT2D eigenvalue weighted by molar-refractivity contribution is 0.0977. The summed E-state index contributed by atoms with van der Waals surface area (Å²) in [6, 6.07) is 10.3. The third-order valence-corrected chi connectivity index (χ3v) is 5.09. The molecule has 0 aliphatic carbocycles. The van der Waals surface area contributed by atoms with Gasteiger partial charge >= 0.3 is 0 Å². The molecule has 2 N–H and O–H groups in total. The van der Waals surface area contributed by atoms with Crippen molar-refractivity contribution in [3.63, 3.8) is 0 Å². The molecular weight excluding hydrogens is 433 g/mol. The van der Waals surface area contributed by atoms with Crippen molar-refractivity contribution in [1.82, 2.24) is 5.32 Å². The van der Waals surface area contributed by atoms with Gasteiger partial charge < -0.3 is 19.7 Å². The molecule has 0 aromatic heterocycles. The molecule has 1 aliphatic rings. The Labute approximate surface area is 185 Å². The number of morpholine rings is 1. The molecule has 0 spiro atoms. The molecule has 6 nitrogen and oxygen atoms in total. The second-order valence-corrected chi connectivity index (χ2v) is 7.44. The monoisotopic (exact) mass is 453 g/mol. The number of carbonyl (C=O) groups excluding carboxylic acids is 1. The van der Waals surface area contributed by atoms with Crippen LogP contribution in [-0.4, -0.2) is 43.9 Å². The first kappa shape index (κ1) is 21.6. The molecule has 1 saturated heterocycles. The van der Waals surface area contributed by atoms with E-state index in [1.807, 2.05) is 25.1 Å². The standard InChI is InChI=1S/C20H21Cl2N3O3S/c1-2-28-17-7-6-13(12-15(17)22)19(26)24-20(29)23-16-5-3-4-14(21)18(16)25-8-10-27-11-9-25/h3-7,12H,2,8-11H2,1H3,(H2,23,24,26,29). The second-order valence-electron chi connectivity index (χ2n) is 6.22. The van der Waals surface area contributed by atoms with Gasteiger partial charge in [-0.15, -0.1) is 0 Å². The van der Waals surface area contributed by atoms with Crippen LogP contribution in [0.25, 0.3) is 0 Å². The maximum Gasteiger partial charge on any atom is 0.257 e. The predicted molar refractivity (Wildman–Crippen MR) is 121 cm³/mol. The van der Waals surface area contributed by atoms with Gasteiger partial charge in [0.25, 0.3) is 5.91 Å². The summed E-state index contributed by atoms with van der Waals surface area (Å²) in [4.78, 5) is 14.7. The molecule has 1 aliphatic heterocycles. The van der Waals surface area contributed by atoms with Crippen LogP contribution in [0, 0.1) is 0 Å². The van der Waals surface area contributed by atoms with E-state index in [1.54, 1.807) is 18.2 Å². The van der Waals surface area contributed by atoms with Gasteiger partial charge in [-0.1, -0.05) is 29.3 Å². The highest BCUT2D eigenvalue weighted by Crippen LogP contribution is 2.34. The van der Waals surface area contributed by atoms with Crippen molar-refractivity contribution in [2.45, 2.75) is 6.92 Å². The van der Waals surface area contributed by atoms with E-state index in [9.17, 15) is 4.79 Å². The van der Waals surface area contributed by atoms with E-state index in [-0.39, 0.29) is 11.0 Å². The lowest BCUT2D eigenvalue weighted by atomic mass is 10.2. The summed E-state index contributed by atoms with van der Waals surface area (Å²) in [6.45, 7) is 5.06. The minimum Gasteiger partial charge on any atom is -0.492 e.